The highest BCUT2D eigenvalue weighted by atomic mass is 16.7. The molecular formula is C15H23NO3. The monoisotopic (exact) mass is 265 g/mol. The van der Waals surface area contributed by atoms with Crippen molar-refractivity contribution < 1.29 is 14.3 Å². The van der Waals surface area contributed by atoms with Gasteiger partial charge in [-0.15, -0.1) is 0 Å². The average Bonchev–Trinajstić information content (AvgIpc) is 2.49. The van der Waals surface area contributed by atoms with Gasteiger partial charge in [-0.2, -0.15) is 0 Å². The van der Waals surface area contributed by atoms with Gasteiger partial charge in [0.25, 0.3) is 0 Å². The number of hydrogen-bond acceptors (Lipinski definition) is 3. The third-order valence-corrected chi connectivity index (χ3v) is 4.47. The molecule has 1 spiro atoms. The predicted molar refractivity (Wildman–Crippen MR) is 71.5 cm³/mol. The maximum atomic E-state index is 12.4. The van der Waals surface area contributed by atoms with E-state index in [0.717, 1.165) is 64.8 Å². The number of hydrogen-bond donors (Lipinski definition) is 0. The van der Waals surface area contributed by atoms with Crippen molar-refractivity contribution in [2.24, 2.45) is 5.92 Å². The molecule has 3 rings (SSSR count). The van der Waals surface area contributed by atoms with Crippen LogP contribution in [0.25, 0.3) is 0 Å². The van der Waals surface area contributed by atoms with Crippen molar-refractivity contribution in [3.8, 4) is 0 Å². The summed E-state index contributed by atoms with van der Waals surface area (Å²) in [5, 5.41) is 0. The van der Waals surface area contributed by atoms with Crippen LogP contribution < -0.4 is 0 Å². The van der Waals surface area contributed by atoms with E-state index in [1.54, 1.807) is 0 Å². The topological polar surface area (TPSA) is 38.8 Å². The molecule has 106 valence electrons. The van der Waals surface area contributed by atoms with Crippen LogP contribution >= 0.6 is 0 Å². The minimum Gasteiger partial charge on any atom is -0.350 e. The average molecular weight is 265 g/mol. The second kappa shape index (κ2) is 5.63. The zero-order valence-corrected chi connectivity index (χ0v) is 11.5. The molecule has 0 saturated carbocycles. The maximum Gasteiger partial charge on any atom is 0.226 e. The number of amides is 1. The van der Waals surface area contributed by atoms with Crippen molar-refractivity contribution in [1.82, 2.24) is 4.90 Å². The molecule has 2 fully saturated rings. The first-order valence-electron chi connectivity index (χ1n) is 7.51. The second-order valence-electron chi connectivity index (χ2n) is 5.77. The fourth-order valence-corrected chi connectivity index (χ4v) is 3.25. The zero-order chi connectivity index (χ0) is 13.1. The Morgan fingerprint density at radius 1 is 1.16 bits per heavy atom. The van der Waals surface area contributed by atoms with E-state index in [2.05, 4.69) is 12.2 Å². The molecule has 19 heavy (non-hydrogen) atoms. The molecule has 0 bridgehead atoms. The van der Waals surface area contributed by atoms with E-state index < -0.39 is 0 Å². The molecule has 0 aromatic carbocycles. The summed E-state index contributed by atoms with van der Waals surface area (Å²) in [6.45, 7) is 3.14. The largest absolute Gasteiger partial charge is 0.350 e. The molecular weight excluding hydrogens is 242 g/mol. The molecule has 0 aromatic heterocycles. The second-order valence-corrected chi connectivity index (χ2v) is 5.77. The normalized spacial score (nSPS) is 30.5. The Morgan fingerprint density at radius 2 is 1.89 bits per heavy atom. The third kappa shape index (κ3) is 2.84. The van der Waals surface area contributed by atoms with Crippen molar-refractivity contribution in [2.75, 3.05) is 26.3 Å². The van der Waals surface area contributed by atoms with Crippen molar-refractivity contribution in [3.05, 3.63) is 12.2 Å². The fraction of sp³-hybridized carbons (Fsp3) is 0.800. The first-order valence-corrected chi connectivity index (χ1v) is 7.51. The molecule has 4 nitrogen and oxygen atoms in total. The quantitative estimate of drug-likeness (QED) is 0.682. The molecule has 1 atom stereocenters. The Kier molecular flexibility index (Phi) is 3.89. The van der Waals surface area contributed by atoms with Crippen molar-refractivity contribution in [3.63, 3.8) is 0 Å². The van der Waals surface area contributed by atoms with Gasteiger partial charge in [0.1, 0.15) is 0 Å². The van der Waals surface area contributed by atoms with Gasteiger partial charge < -0.3 is 14.4 Å². The summed E-state index contributed by atoms with van der Waals surface area (Å²) in [6, 6.07) is 0. The van der Waals surface area contributed by atoms with Crippen LogP contribution in [0.3, 0.4) is 0 Å². The molecule has 3 aliphatic rings. The molecule has 0 radical (unpaired) electrons. The van der Waals surface area contributed by atoms with Gasteiger partial charge >= 0.3 is 0 Å². The maximum absolute atomic E-state index is 12.4. The summed E-state index contributed by atoms with van der Waals surface area (Å²) in [5.41, 5.74) is 0. The van der Waals surface area contributed by atoms with E-state index in [9.17, 15) is 4.79 Å². The van der Waals surface area contributed by atoms with Crippen LogP contribution in [0.5, 0.6) is 0 Å². The number of rotatable bonds is 1. The van der Waals surface area contributed by atoms with Crippen LogP contribution in [-0.2, 0) is 14.3 Å². The van der Waals surface area contributed by atoms with Gasteiger partial charge in [-0.05, 0) is 25.7 Å². The summed E-state index contributed by atoms with van der Waals surface area (Å²) in [7, 11) is 0. The van der Waals surface area contributed by atoms with Gasteiger partial charge in [-0.25, -0.2) is 0 Å². The predicted octanol–water partition coefficient (Wildman–Crippen LogP) is 2.10. The highest BCUT2D eigenvalue weighted by Gasteiger charge is 2.40. The molecule has 4 heteroatoms. The molecule has 0 unspecified atom stereocenters. The molecule has 2 heterocycles. The van der Waals surface area contributed by atoms with E-state index >= 15 is 0 Å². The van der Waals surface area contributed by atoms with Gasteiger partial charge in [0, 0.05) is 31.8 Å². The third-order valence-electron chi connectivity index (χ3n) is 4.47. The number of carbonyl (C=O) groups is 1. The van der Waals surface area contributed by atoms with E-state index in [1.807, 2.05) is 4.90 Å². The summed E-state index contributed by atoms with van der Waals surface area (Å²) >= 11 is 0. The Balaban J connectivity index is 1.54. The van der Waals surface area contributed by atoms with Crippen LogP contribution in [0.15, 0.2) is 12.2 Å². The molecule has 2 saturated heterocycles. The Labute approximate surface area is 114 Å². The van der Waals surface area contributed by atoms with Gasteiger partial charge in [0.2, 0.25) is 5.91 Å². The zero-order valence-electron chi connectivity index (χ0n) is 11.5. The minimum absolute atomic E-state index is 0.201. The summed E-state index contributed by atoms with van der Waals surface area (Å²) < 4.78 is 11.6. The first kappa shape index (κ1) is 13.1. The van der Waals surface area contributed by atoms with Crippen LogP contribution in [0.4, 0.5) is 0 Å². The lowest BCUT2D eigenvalue weighted by Crippen LogP contribution is -2.52. The van der Waals surface area contributed by atoms with Gasteiger partial charge in [-0.3, -0.25) is 4.79 Å². The number of nitrogens with zero attached hydrogens (tertiary/aromatic N) is 1. The van der Waals surface area contributed by atoms with E-state index in [4.69, 9.17) is 9.47 Å². The van der Waals surface area contributed by atoms with Crippen molar-refractivity contribution in [1.29, 1.82) is 0 Å². The van der Waals surface area contributed by atoms with Gasteiger partial charge in [0.05, 0.1) is 13.2 Å². The molecule has 1 amide bonds. The minimum atomic E-state index is -0.387. The summed E-state index contributed by atoms with van der Waals surface area (Å²) in [6.07, 6.45) is 9.91. The Bertz CT molecular complexity index is 350. The number of piperidine rings is 1. The van der Waals surface area contributed by atoms with Gasteiger partial charge in [0.15, 0.2) is 5.79 Å². The molecule has 1 aliphatic carbocycles. The van der Waals surface area contributed by atoms with Crippen LogP contribution in [0, 0.1) is 5.92 Å². The van der Waals surface area contributed by atoms with Crippen LogP contribution in [-0.4, -0.2) is 42.9 Å². The SMILES string of the molecule is O=C([C@H]1CC=CCC1)N1CCC2(CC1)OCCCO2. The Morgan fingerprint density at radius 3 is 2.53 bits per heavy atom. The highest BCUT2D eigenvalue weighted by Crippen LogP contribution is 2.32. The lowest BCUT2D eigenvalue weighted by molar-refractivity contribution is -0.282. The van der Waals surface area contributed by atoms with Crippen molar-refractivity contribution >= 4 is 5.91 Å². The van der Waals surface area contributed by atoms with E-state index in [0.29, 0.717) is 5.91 Å². The fourth-order valence-electron chi connectivity index (χ4n) is 3.25. The number of carbonyl (C=O) groups excluding carboxylic acids is 1. The van der Waals surface area contributed by atoms with Crippen molar-refractivity contribution in [2.45, 2.75) is 44.3 Å². The smallest absolute Gasteiger partial charge is 0.226 e. The number of ether oxygens (including phenoxy) is 2. The van der Waals surface area contributed by atoms with Crippen LogP contribution in [0.1, 0.15) is 38.5 Å². The van der Waals surface area contributed by atoms with E-state index in [1.165, 1.54) is 0 Å². The first-order chi connectivity index (χ1) is 9.29. The lowest BCUT2D eigenvalue weighted by atomic mass is 9.92. The Hall–Kier alpha value is -0.870. The summed E-state index contributed by atoms with van der Waals surface area (Å²) in [5.74, 6) is 0.142. The standard InChI is InChI=1S/C15H23NO3/c17-14(13-5-2-1-3-6-13)16-9-7-15(8-10-16)18-11-4-12-19-15/h1-2,13H,3-12H2/t13-/m0/s1. The molecule has 0 aromatic rings. The summed E-state index contributed by atoms with van der Waals surface area (Å²) in [4.78, 5) is 14.4. The lowest BCUT2D eigenvalue weighted by Gasteiger charge is -2.44. The highest BCUT2D eigenvalue weighted by molar-refractivity contribution is 5.79. The number of likely N-dealkylation sites (tertiary alicyclic amines) is 1. The number of allylic oxidation sites excluding steroid dienone is 2. The molecule has 0 N–H and O–H groups in total. The van der Waals surface area contributed by atoms with Gasteiger partial charge in [-0.1, -0.05) is 12.2 Å². The van der Waals surface area contributed by atoms with E-state index in [-0.39, 0.29) is 11.7 Å². The van der Waals surface area contributed by atoms with Crippen LogP contribution in [0.2, 0.25) is 0 Å². The molecule has 2 aliphatic heterocycles.